The highest BCUT2D eigenvalue weighted by atomic mass is 32.1. The van der Waals surface area contributed by atoms with Crippen molar-refractivity contribution in [2.24, 2.45) is 0 Å². The summed E-state index contributed by atoms with van der Waals surface area (Å²) in [6.45, 7) is 8.16. The third-order valence-electron chi connectivity index (χ3n) is 10.2. The summed E-state index contributed by atoms with van der Waals surface area (Å²) in [5, 5.41) is 4.42. The Labute approximate surface area is 327 Å². The number of carbonyl (C=O) groups is 1. The van der Waals surface area contributed by atoms with Crippen molar-refractivity contribution in [3.05, 3.63) is 119 Å². The van der Waals surface area contributed by atoms with Gasteiger partial charge in [-0.2, -0.15) is 0 Å². The molecule has 54 heavy (non-hydrogen) atoms. The highest BCUT2D eigenvalue weighted by molar-refractivity contribution is 7.17. The topological polar surface area (TPSA) is 54.8 Å². The maximum absolute atomic E-state index is 13.3. The monoisotopic (exact) mass is 747 g/mol. The van der Waals surface area contributed by atoms with Gasteiger partial charge < -0.3 is 9.64 Å². The van der Waals surface area contributed by atoms with Crippen LogP contribution in [-0.2, 0) is 0 Å². The number of fused-ring (bicyclic) bond motifs is 2. The molecule has 5 rings (SSSR count). The first-order valence-electron chi connectivity index (χ1n) is 20.5. The molecule has 2 aromatic heterocycles. The van der Waals surface area contributed by atoms with Gasteiger partial charge in [0.1, 0.15) is 5.75 Å². The fourth-order valence-corrected chi connectivity index (χ4v) is 7.85. The number of unbranched alkanes of at least 4 members (excludes halogenated alkanes) is 7. The van der Waals surface area contributed by atoms with Gasteiger partial charge in [-0.05, 0) is 118 Å². The summed E-state index contributed by atoms with van der Waals surface area (Å²) in [4.78, 5) is 31.2. The Morgan fingerprint density at radius 1 is 0.741 bits per heavy atom. The number of benzene rings is 2. The number of hydrogen-bond donors (Lipinski definition) is 0. The Hall–Kier alpha value is -4.20. The molecule has 0 bridgehead atoms. The lowest BCUT2D eigenvalue weighted by atomic mass is 10.1. The molecule has 2 aromatic carbocycles. The van der Waals surface area contributed by atoms with Gasteiger partial charge in [0.05, 0.1) is 12.1 Å². The molecule has 1 aliphatic heterocycles. The quantitative estimate of drug-likeness (QED) is 0.0559. The van der Waals surface area contributed by atoms with Gasteiger partial charge in [0, 0.05) is 60.5 Å². The molecular weight excluding hydrogens is 687 g/mol. The highest BCUT2D eigenvalue weighted by Crippen LogP contribution is 2.31. The minimum atomic E-state index is -0.280. The molecule has 0 atom stereocenters. The second-order valence-corrected chi connectivity index (χ2v) is 15.3. The minimum absolute atomic E-state index is 0.146. The predicted octanol–water partition coefficient (Wildman–Crippen LogP) is 11.8. The Balaban J connectivity index is 0.946. The van der Waals surface area contributed by atoms with Crippen molar-refractivity contribution in [1.82, 2.24) is 9.47 Å². The third-order valence-corrected chi connectivity index (χ3v) is 11.0. The zero-order chi connectivity index (χ0) is 37.6. The number of nitrogens with zero attached hydrogens (tertiary/aromatic N) is 3. The van der Waals surface area contributed by atoms with E-state index in [1.807, 2.05) is 29.5 Å². The van der Waals surface area contributed by atoms with E-state index in [1.165, 1.54) is 52.1 Å². The number of piperazine rings is 1. The predicted molar refractivity (Wildman–Crippen MR) is 232 cm³/mol. The highest BCUT2D eigenvalue weighted by Gasteiger charge is 2.18. The largest absolute Gasteiger partial charge is 0.494 e. The van der Waals surface area contributed by atoms with Crippen LogP contribution < -0.4 is 15.2 Å². The van der Waals surface area contributed by atoms with Crippen LogP contribution in [0, 0.1) is 0 Å². The van der Waals surface area contributed by atoms with Gasteiger partial charge in [0.25, 0.3) is 5.56 Å². The van der Waals surface area contributed by atoms with Crippen LogP contribution in [0.2, 0.25) is 0 Å². The van der Waals surface area contributed by atoms with Crippen LogP contribution in [0.1, 0.15) is 102 Å². The van der Waals surface area contributed by atoms with Gasteiger partial charge in [-0.1, -0.05) is 80.9 Å². The summed E-state index contributed by atoms with van der Waals surface area (Å²) >= 11 is 1.81. The Morgan fingerprint density at radius 2 is 1.44 bits per heavy atom. The lowest BCUT2D eigenvalue weighted by Gasteiger charge is -2.36. The number of allylic oxidation sites excluding steroid dienone is 8. The molecule has 0 unspecified atom stereocenters. The smallest absolute Gasteiger partial charge is 0.257 e. The van der Waals surface area contributed by atoms with Gasteiger partial charge in [-0.25, -0.2) is 4.57 Å². The van der Waals surface area contributed by atoms with Crippen LogP contribution in [0.4, 0.5) is 5.69 Å². The van der Waals surface area contributed by atoms with Crippen molar-refractivity contribution in [1.29, 1.82) is 0 Å². The van der Waals surface area contributed by atoms with Crippen molar-refractivity contribution in [2.75, 3.05) is 44.2 Å². The van der Waals surface area contributed by atoms with E-state index < -0.39 is 0 Å². The lowest BCUT2D eigenvalue weighted by molar-refractivity contribution is 0.0900. The van der Waals surface area contributed by atoms with Crippen LogP contribution in [-0.4, -0.2) is 54.7 Å². The minimum Gasteiger partial charge on any atom is -0.494 e. The van der Waals surface area contributed by atoms with E-state index in [9.17, 15) is 9.59 Å². The first-order chi connectivity index (χ1) is 26.6. The molecule has 3 heterocycles. The van der Waals surface area contributed by atoms with Crippen LogP contribution in [0.5, 0.6) is 5.75 Å². The molecule has 1 aliphatic rings. The first-order valence-corrected chi connectivity index (χ1v) is 21.4. The summed E-state index contributed by atoms with van der Waals surface area (Å²) in [5.41, 5.74) is 1.71. The van der Waals surface area contributed by atoms with Crippen molar-refractivity contribution in [3.63, 3.8) is 0 Å². The molecule has 7 heteroatoms. The zero-order valence-corrected chi connectivity index (χ0v) is 33.3. The number of thiophene rings is 1. The number of ether oxygens (including phenoxy) is 1. The molecule has 1 fully saturated rings. The number of carbonyl (C=O) groups excluding carboxylic acids is 1. The summed E-state index contributed by atoms with van der Waals surface area (Å²) in [6, 6.07) is 17.9. The molecule has 0 amide bonds. The third kappa shape index (κ3) is 13.3. The molecular formula is C47H61N3O3S. The number of pyridine rings is 1. The SMILES string of the molecule is CCCCC/C=C\C/C=C\C/C=C\C/C=C\CCCCCC(=O)n1c(=O)ccc2ccc(OCCCCN3CCN(c4cccc5sccc45)CC3)cc21. The zero-order valence-electron chi connectivity index (χ0n) is 32.5. The maximum Gasteiger partial charge on any atom is 0.257 e. The van der Waals surface area contributed by atoms with Gasteiger partial charge in [-0.15, -0.1) is 11.3 Å². The van der Waals surface area contributed by atoms with Crippen LogP contribution in [0.15, 0.2) is 113 Å². The number of hydrogen-bond acceptors (Lipinski definition) is 6. The molecule has 4 aromatic rings. The van der Waals surface area contributed by atoms with Crippen LogP contribution >= 0.6 is 11.3 Å². The summed E-state index contributed by atoms with van der Waals surface area (Å²) < 4.78 is 8.82. The number of anilines is 1. The lowest BCUT2D eigenvalue weighted by Crippen LogP contribution is -2.46. The van der Waals surface area contributed by atoms with Gasteiger partial charge in [0.15, 0.2) is 0 Å². The summed E-state index contributed by atoms with van der Waals surface area (Å²) in [5.74, 6) is 0.553. The van der Waals surface area contributed by atoms with E-state index in [0.717, 1.165) is 95.9 Å². The van der Waals surface area contributed by atoms with E-state index in [4.69, 9.17) is 4.74 Å². The van der Waals surface area contributed by atoms with E-state index >= 15 is 0 Å². The Kier molecular flexibility index (Phi) is 17.9. The second kappa shape index (κ2) is 23.6. The number of rotatable bonds is 23. The average Bonchev–Trinajstić information content (AvgIpc) is 3.68. The maximum atomic E-state index is 13.3. The van der Waals surface area contributed by atoms with E-state index in [-0.39, 0.29) is 11.5 Å². The van der Waals surface area contributed by atoms with E-state index in [2.05, 4.69) is 95.0 Å². The fourth-order valence-electron chi connectivity index (χ4n) is 7.04. The van der Waals surface area contributed by atoms with Crippen molar-refractivity contribution in [3.8, 4) is 5.75 Å². The van der Waals surface area contributed by atoms with Gasteiger partial charge in [0.2, 0.25) is 5.91 Å². The molecule has 288 valence electrons. The second-order valence-electron chi connectivity index (χ2n) is 14.3. The van der Waals surface area contributed by atoms with Crippen LogP contribution in [0.3, 0.4) is 0 Å². The fraction of sp³-hybridized carbons (Fsp3) is 0.447. The van der Waals surface area contributed by atoms with E-state index in [1.54, 1.807) is 6.07 Å². The van der Waals surface area contributed by atoms with Crippen LogP contribution in [0.25, 0.3) is 21.0 Å². The molecule has 0 radical (unpaired) electrons. The molecule has 6 nitrogen and oxygen atoms in total. The average molecular weight is 748 g/mol. The molecule has 0 spiro atoms. The van der Waals surface area contributed by atoms with Crippen molar-refractivity contribution >= 4 is 43.9 Å². The Morgan fingerprint density at radius 3 is 2.19 bits per heavy atom. The van der Waals surface area contributed by atoms with Gasteiger partial charge in [-0.3, -0.25) is 14.5 Å². The van der Waals surface area contributed by atoms with Crippen molar-refractivity contribution in [2.45, 2.75) is 96.8 Å². The standard InChI is InChI=1S/C47H61N3O3S/c1-2-3-4-5-6-7-8-9-10-11-12-13-14-15-16-17-18-19-20-26-46(51)50-44-39-41(29-27-40(44)28-30-47(50)52)53-37-22-21-32-48-33-35-49(36-34-48)43-24-23-25-45-42(43)31-38-54-45/h6-7,9-10,12-13,15-16,23-25,27-31,38-39H,2-5,8,11,14,17-22,26,32-37H2,1H3/b7-6-,10-9-,13-12-,16-15-. The Bertz CT molecular complexity index is 1890. The molecule has 1 saturated heterocycles. The summed E-state index contributed by atoms with van der Waals surface area (Å²) in [7, 11) is 0. The van der Waals surface area contributed by atoms with Crippen molar-refractivity contribution < 1.29 is 9.53 Å². The molecule has 0 N–H and O–H groups in total. The first kappa shape index (κ1) is 41.0. The normalized spacial score (nSPS) is 14.3. The molecule has 0 aliphatic carbocycles. The number of aromatic nitrogens is 1. The summed E-state index contributed by atoms with van der Waals surface area (Å²) in [6.07, 6.45) is 32.1. The molecule has 0 saturated carbocycles. The van der Waals surface area contributed by atoms with E-state index in [0.29, 0.717) is 24.3 Å². The van der Waals surface area contributed by atoms with Gasteiger partial charge >= 0.3 is 0 Å².